The molecule has 1 aromatic heterocycles. The second-order valence-corrected chi connectivity index (χ2v) is 4.32. The van der Waals surface area contributed by atoms with Crippen molar-refractivity contribution >= 4 is 0 Å². The normalized spacial score (nSPS) is 10.4. The van der Waals surface area contributed by atoms with Crippen LogP contribution in [0.1, 0.15) is 24.5 Å². The monoisotopic (exact) mass is 259 g/mol. The first-order valence-electron chi connectivity index (χ1n) is 6.09. The SMILES string of the molecule is CCCn1ccn(Cc2cc(C#N)ccc2F)c1=O. The molecule has 0 unspecified atom stereocenters. The summed E-state index contributed by atoms with van der Waals surface area (Å²) < 4.78 is 16.7. The largest absolute Gasteiger partial charge is 0.328 e. The molecule has 5 heteroatoms. The van der Waals surface area contributed by atoms with Crippen molar-refractivity contribution in [3.8, 4) is 6.07 Å². The second kappa shape index (κ2) is 5.53. The number of rotatable bonds is 4. The zero-order valence-electron chi connectivity index (χ0n) is 10.6. The van der Waals surface area contributed by atoms with Crippen LogP contribution in [0.25, 0.3) is 0 Å². The maximum atomic E-state index is 13.6. The summed E-state index contributed by atoms with van der Waals surface area (Å²) in [4.78, 5) is 12.0. The highest BCUT2D eigenvalue weighted by atomic mass is 19.1. The van der Waals surface area contributed by atoms with Gasteiger partial charge in [0.05, 0.1) is 18.2 Å². The lowest BCUT2D eigenvalue weighted by Gasteiger charge is -2.04. The molecule has 2 rings (SSSR count). The van der Waals surface area contributed by atoms with Crippen LogP contribution in [0, 0.1) is 17.1 Å². The van der Waals surface area contributed by atoms with E-state index < -0.39 is 5.82 Å². The van der Waals surface area contributed by atoms with E-state index in [-0.39, 0.29) is 12.2 Å². The summed E-state index contributed by atoms with van der Waals surface area (Å²) in [6.07, 6.45) is 4.19. The van der Waals surface area contributed by atoms with Crippen molar-refractivity contribution in [2.24, 2.45) is 0 Å². The summed E-state index contributed by atoms with van der Waals surface area (Å²) in [5.74, 6) is -0.408. The average Bonchev–Trinajstić information content (AvgIpc) is 2.75. The van der Waals surface area contributed by atoms with Crippen molar-refractivity contribution in [3.05, 3.63) is 58.0 Å². The number of aryl methyl sites for hydroxylation is 1. The molecule has 19 heavy (non-hydrogen) atoms. The van der Waals surface area contributed by atoms with Crippen LogP contribution < -0.4 is 5.69 Å². The summed E-state index contributed by atoms with van der Waals surface area (Å²) in [6, 6.07) is 6.10. The highest BCUT2D eigenvalue weighted by Crippen LogP contribution is 2.11. The molecule has 0 saturated heterocycles. The third-order valence-electron chi connectivity index (χ3n) is 2.90. The van der Waals surface area contributed by atoms with Gasteiger partial charge in [0.1, 0.15) is 5.82 Å². The molecule has 98 valence electrons. The fourth-order valence-corrected chi connectivity index (χ4v) is 1.93. The van der Waals surface area contributed by atoms with Crippen LogP contribution in [0.15, 0.2) is 35.4 Å². The lowest BCUT2D eigenvalue weighted by atomic mass is 10.1. The van der Waals surface area contributed by atoms with E-state index in [0.717, 1.165) is 6.42 Å². The molecule has 2 aromatic rings. The molecule has 0 saturated carbocycles. The van der Waals surface area contributed by atoms with Crippen LogP contribution in [0.5, 0.6) is 0 Å². The number of aromatic nitrogens is 2. The van der Waals surface area contributed by atoms with Gasteiger partial charge >= 0.3 is 5.69 Å². The maximum Gasteiger partial charge on any atom is 0.328 e. The van der Waals surface area contributed by atoms with Crippen LogP contribution in [0.3, 0.4) is 0 Å². The Morgan fingerprint density at radius 1 is 1.32 bits per heavy atom. The van der Waals surface area contributed by atoms with Crippen molar-refractivity contribution in [2.45, 2.75) is 26.4 Å². The predicted octanol–water partition coefficient (Wildman–Crippen LogP) is 2.12. The Bertz CT molecular complexity index is 679. The van der Waals surface area contributed by atoms with E-state index in [1.165, 1.54) is 22.8 Å². The number of halogens is 1. The molecule has 0 spiro atoms. The molecular weight excluding hydrogens is 245 g/mol. The number of imidazole rings is 1. The Kier molecular flexibility index (Phi) is 3.81. The predicted molar refractivity (Wildman–Crippen MR) is 69.2 cm³/mol. The van der Waals surface area contributed by atoms with Gasteiger partial charge in [0.15, 0.2) is 0 Å². The van der Waals surface area contributed by atoms with E-state index >= 15 is 0 Å². The van der Waals surface area contributed by atoms with Crippen LogP contribution in [0.2, 0.25) is 0 Å². The van der Waals surface area contributed by atoms with E-state index in [0.29, 0.717) is 17.7 Å². The summed E-state index contributed by atoms with van der Waals surface area (Å²) in [7, 11) is 0. The molecule has 0 amide bonds. The van der Waals surface area contributed by atoms with Crippen LogP contribution in [-0.2, 0) is 13.1 Å². The zero-order chi connectivity index (χ0) is 13.8. The molecule has 0 atom stereocenters. The summed E-state index contributed by atoms with van der Waals surface area (Å²) >= 11 is 0. The first-order valence-corrected chi connectivity index (χ1v) is 6.09. The Morgan fingerprint density at radius 3 is 2.74 bits per heavy atom. The molecule has 0 aliphatic carbocycles. The van der Waals surface area contributed by atoms with E-state index in [4.69, 9.17) is 5.26 Å². The zero-order valence-corrected chi connectivity index (χ0v) is 10.6. The molecule has 0 bridgehead atoms. The number of nitriles is 1. The van der Waals surface area contributed by atoms with Gasteiger partial charge in [-0.3, -0.25) is 9.13 Å². The number of nitrogens with zero attached hydrogens (tertiary/aromatic N) is 3. The fourth-order valence-electron chi connectivity index (χ4n) is 1.93. The lowest BCUT2D eigenvalue weighted by molar-refractivity contribution is 0.585. The van der Waals surface area contributed by atoms with Crippen LogP contribution in [0.4, 0.5) is 4.39 Å². The standard InChI is InChI=1S/C14H14FN3O/c1-2-5-17-6-7-18(14(17)19)10-12-8-11(9-16)3-4-13(12)15/h3-4,6-8H,2,5,10H2,1H3. The minimum atomic E-state index is -0.408. The van der Waals surface area contributed by atoms with Gasteiger partial charge in [0.25, 0.3) is 0 Å². The van der Waals surface area contributed by atoms with Gasteiger partial charge in [0, 0.05) is 24.5 Å². The number of benzene rings is 1. The van der Waals surface area contributed by atoms with Crippen molar-refractivity contribution in [2.75, 3.05) is 0 Å². The van der Waals surface area contributed by atoms with Crippen LogP contribution in [-0.4, -0.2) is 9.13 Å². The fraction of sp³-hybridized carbons (Fsp3) is 0.286. The van der Waals surface area contributed by atoms with Crippen LogP contribution >= 0.6 is 0 Å². The van der Waals surface area contributed by atoms with E-state index in [1.807, 2.05) is 13.0 Å². The first kappa shape index (κ1) is 13.1. The summed E-state index contributed by atoms with van der Waals surface area (Å²) in [5.41, 5.74) is 0.566. The lowest BCUT2D eigenvalue weighted by Crippen LogP contribution is -2.24. The Morgan fingerprint density at radius 2 is 2.05 bits per heavy atom. The van der Waals surface area contributed by atoms with E-state index in [9.17, 15) is 9.18 Å². The van der Waals surface area contributed by atoms with Crippen molar-refractivity contribution in [3.63, 3.8) is 0 Å². The van der Waals surface area contributed by atoms with E-state index in [1.54, 1.807) is 17.0 Å². The number of hydrogen-bond acceptors (Lipinski definition) is 2. The molecule has 0 aliphatic rings. The highest BCUT2D eigenvalue weighted by molar-refractivity contribution is 5.33. The summed E-state index contributed by atoms with van der Waals surface area (Å²) in [5, 5.41) is 8.80. The van der Waals surface area contributed by atoms with Gasteiger partial charge in [-0.2, -0.15) is 5.26 Å². The maximum absolute atomic E-state index is 13.6. The molecule has 4 nitrogen and oxygen atoms in total. The summed E-state index contributed by atoms with van der Waals surface area (Å²) in [6.45, 7) is 2.77. The molecule has 0 aliphatic heterocycles. The second-order valence-electron chi connectivity index (χ2n) is 4.32. The molecule has 0 N–H and O–H groups in total. The number of hydrogen-bond donors (Lipinski definition) is 0. The molecule has 1 heterocycles. The first-order chi connectivity index (χ1) is 9.15. The average molecular weight is 259 g/mol. The van der Waals surface area contributed by atoms with Gasteiger partial charge in [0.2, 0.25) is 0 Å². The third-order valence-corrected chi connectivity index (χ3v) is 2.90. The molecule has 0 fully saturated rings. The molecule has 1 aromatic carbocycles. The van der Waals surface area contributed by atoms with Gasteiger partial charge in [-0.05, 0) is 24.6 Å². The van der Waals surface area contributed by atoms with Gasteiger partial charge < -0.3 is 0 Å². The van der Waals surface area contributed by atoms with Gasteiger partial charge in [-0.25, -0.2) is 9.18 Å². The highest BCUT2D eigenvalue weighted by Gasteiger charge is 2.08. The smallest absolute Gasteiger partial charge is 0.299 e. The molecular formula is C14H14FN3O. The topological polar surface area (TPSA) is 50.7 Å². The minimum absolute atomic E-state index is 0.136. The Labute approximate surface area is 110 Å². The Hall–Kier alpha value is -2.35. The Balaban J connectivity index is 2.31. The molecule has 0 radical (unpaired) electrons. The van der Waals surface area contributed by atoms with Gasteiger partial charge in [-0.1, -0.05) is 6.92 Å². The third kappa shape index (κ3) is 2.74. The minimum Gasteiger partial charge on any atom is -0.299 e. The van der Waals surface area contributed by atoms with Crippen molar-refractivity contribution < 1.29 is 4.39 Å². The van der Waals surface area contributed by atoms with E-state index in [2.05, 4.69) is 0 Å². The van der Waals surface area contributed by atoms with Crippen molar-refractivity contribution in [1.29, 1.82) is 5.26 Å². The van der Waals surface area contributed by atoms with Crippen molar-refractivity contribution in [1.82, 2.24) is 9.13 Å². The van der Waals surface area contributed by atoms with Gasteiger partial charge in [-0.15, -0.1) is 0 Å². The quantitative estimate of drug-likeness (QED) is 0.844.